The second-order valence-electron chi connectivity index (χ2n) is 9.17. The van der Waals surface area contributed by atoms with Crippen molar-refractivity contribution in [2.45, 2.75) is 45.6 Å². The predicted octanol–water partition coefficient (Wildman–Crippen LogP) is 6.03. The quantitative estimate of drug-likeness (QED) is 0.220. The number of hydrogen-bond acceptors (Lipinski definition) is 5. The van der Waals surface area contributed by atoms with Gasteiger partial charge in [0.1, 0.15) is 16.7 Å². The van der Waals surface area contributed by atoms with Gasteiger partial charge in [0.25, 0.3) is 5.56 Å². The number of para-hydroxylation sites is 2. The van der Waals surface area contributed by atoms with Crippen molar-refractivity contribution in [2.24, 2.45) is 5.10 Å². The van der Waals surface area contributed by atoms with Crippen molar-refractivity contribution in [3.05, 3.63) is 86.9 Å². The first-order chi connectivity index (χ1) is 17.6. The molecule has 0 amide bonds. The van der Waals surface area contributed by atoms with Gasteiger partial charge in [-0.2, -0.15) is 9.78 Å². The van der Waals surface area contributed by atoms with Crippen molar-refractivity contribution in [1.82, 2.24) is 24.2 Å². The third-order valence-electron chi connectivity index (χ3n) is 6.74. The first-order valence-corrected chi connectivity index (χ1v) is 12.6. The highest BCUT2D eigenvalue weighted by Gasteiger charge is 2.21. The first kappa shape index (κ1) is 22.6. The van der Waals surface area contributed by atoms with Gasteiger partial charge in [-0.25, -0.2) is 15.0 Å². The minimum absolute atomic E-state index is 0.111. The van der Waals surface area contributed by atoms with E-state index in [1.165, 1.54) is 18.4 Å². The summed E-state index contributed by atoms with van der Waals surface area (Å²) >= 11 is 6.15. The predicted molar refractivity (Wildman–Crippen MR) is 145 cm³/mol. The van der Waals surface area contributed by atoms with Gasteiger partial charge < -0.3 is 0 Å². The standard InChI is InChI=1S/C28H25ClN6O/c1-18-31-26-24(28(36)34(18)15-14-19-8-3-2-4-9-19)25-27(33-23-13-6-5-12-22(23)32-25)35(26)30-17-20-10-7-11-21(29)16-20/h5-8,10-13,16-17H,2-4,9,14-15H2,1H3/b30-17-. The molecular formula is C28H25ClN6O. The molecule has 7 nitrogen and oxygen atoms in total. The molecule has 0 fully saturated rings. The third-order valence-corrected chi connectivity index (χ3v) is 6.98. The van der Waals surface area contributed by atoms with Gasteiger partial charge in [-0.1, -0.05) is 47.5 Å². The van der Waals surface area contributed by atoms with Crippen molar-refractivity contribution < 1.29 is 0 Å². The van der Waals surface area contributed by atoms with E-state index in [1.54, 1.807) is 15.5 Å². The molecule has 0 unspecified atom stereocenters. The maximum atomic E-state index is 13.9. The fraction of sp³-hybridized carbons (Fsp3) is 0.250. The number of allylic oxidation sites excluding steroid dienone is 2. The average molecular weight is 497 g/mol. The molecule has 0 saturated carbocycles. The maximum absolute atomic E-state index is 13.9. The molecular weight excluding hydrogens is 472 g/mol. The van der Waals surface area contributed by atoms with E-state index in [2.05, 4.69) is 11.2 Å². The number of rotatable bonds is 5. The number of hydrogen-bond donors (Lipinski definition) is 0. The number of nitrogens with zero attached hydrogens (tertiary/aromatic N) is 6. The summed E-state index contributed by atoms with van der Waals surface area (Å²) in [4.78, 5) is 28.4. The number of fused-ring (bicyclic) bond motifs is 4. The molecule has 0 bridgehead atoms. The van der Waals surface area contributed by atoms with Crippen LogP contribution in [0.25, 0.3) is 33.2 Å². The highest BCUT2D eigenvalue weighted by Crippen LogP contribution is 2.26. The lowest BCUT2D eigenvalue weighted by atomic mass is 9.97. The fourth-order valence-electron chi connectivity index (χ4n) is 4.89. The van der Waals surface area contributed by atoms with Crippen LogP contribution < -0.4 is 5.56 Å². The Morgan fingerprint density at radius 1 is 1.03 bits per heavy atom. The first-order valence-electron chi connectivity index (χ1n) is 12.2. The van der Waals surface area contributed by atoms with Crippen molar-refractivity contribution >= 4 is 51.0 Å². The molecule has 180 valence electrons. The molecule has 5 aromatic rings. The fourth-order valence-corrected chi connectivity index (χ4v) is 5.08. The SMILES string of the molecule is Cc1nc2c(c(=O)n1CCC1=CCCCC1)c1nc3ccccc3nc1n2/N=C\c1cccc(Cl)c1. The van der Waals surface area contributed by atoms with Gasteiger partial charge >= 0.3 is 0 Å². The van der Waals surface area contributed by atoms with Crippen LogP contribution in [0.1, 0.15) is 43.5 Å². The van der Waals surface area contributed by atoms with Gasteiger partial charge in [0.15, 0.2) is 11.3 Å². The highest BCUT2D eigenvalue weighted by molar-refractivity contribution is 6.30. The summed E-state index contributed by atoms with van der Waals surface area (Å²) in [7, 11) is 0. The summed E-state index contributed by atoms with van der Waals surface area (Å²) in [6.07, 6.45) is 9.58. The summed E-state index contributed by atoms with van der Waals surface area (Å²) in [5, 5.41) is 5.74. The smallest absolute Gasteiger partial charge is 0.265 e. The number of benzene rings is 2. The molecule has 0 N–H and O–H groups in total. The zero-order valence-corrected chi connectivity index (χ0v) is 20.7. The average Bonchev–Trinajstić information content (AvgIpc) is 3.18. The van der Waals surface area contributed by atoms with Crippen molar-refractivity contribution in [3.63, 3.8) is 0 Å². The lowest BCUT2D eigenvalue weighted by Gasteiger charge is -2.14. The summed E-state index contributed by atoms with van der Waals surface area (Å²) in [5.41, 5.74) is 5.06. The summed E-state index contributed by atoms with van der Waals surface area (Å²) < 4.78 is 3.38. The summed E-state index contributed by atoms with van der Waals surface area (Å²) in [5.74, 6) is 0.649. The summed E-state index contributed by atoms with van der Waals surface area (Å²) in [6.45, 7) is 2.47. The number of aryl methyl sites for hydroxylation is 1. The second kappa shape index (κ2) is 9.32. The van der Waals surface area contributed by atoms with E-state index in [0.717, 1.165) is 35.9 Å². The van der Waals surface area contributed by atoms with Crippen LogP contribution in [-0.4, -0.2) is 30.4 Å². The number of aromatic nitrogens is 5. The van der Waals surface area contributed by atoms with E-state index in [-0.39, 0.29) is 5.56 Å². The molecule has 6 rings (SSSR count). The van der Waals surface area contributed by atoms with Crippen LogP contribution in [0.2, 0.25) is 5.02 Å². The van der Waals surface area contributed by atoms with Crippen LogP contribution in [0.5, 0.6) is 0 Å². The van der Waals surface area contributed by atoms with Gasteiger partial charge in [0.2, 0.25) is 0 Å². The van der Waals surface area contributed by atoms with E-state index in [0.29, 0.717) is 39.6 Å². The van der Waals surface area contributed by atoms with E-state index < -0.39 is 0 Å². The molecule has 0 atom stereocenters. The topological polar surface area (TPSA) is 78.0 Å². The van der Waals surface area contributed by atoms with Gasteiger partial charge in [-0.05, 0) is 68.9 Å². The molecule has 36 heavy (non-hydrogen) atoms. The molecule has 3 heterocycles. The van der Waals surface area contributed by atoms with Gasteiger partial charge in [0.05, 0.1) is 17.2 Å². The number of halogens is 1. The zero-order chi connectivity index (χ0) is 24.6. The molecule has 0 saturated heterocycles. The molecule has 0 radical (unpaired) electrons. The Balaban J connectivity index is 1.56. The molecule has 0 aliphatic heterocycles. The van der Waals surface area contributed by atoms with Crippen LogP contribution >= 0.6 is 11.6 Å². The minimum Gasteiger partial charge on any atom is -0.296 e. The van der Waals surface area contributed by atoms with Gasteiger partial charge in [-0.3, -0.25) is 9.36 Å². The molecule has 8 heteroatoms. The molecule has 1 aliphatic carbocycles. The Morgan fingerprint density at radius 2 is 1.86 bits per heavy atom. The van der Waals surface area contributed by atoms with E-state index in [4.69, 9.17) is 26.6 Å². The highest BCUT2D eigenvalue weighted by atomic mass is 35.5. The Kier molecular flexibility index (Phi) is 5.85. The van der Waals surface area contributed by atoms with E-state index in [9.17, 15) is 4.79 Å². The maximum Gasteiger partial charge on any atom is 0.265 e. The van der Waals surface area contributed by atoms with Crippen molar-refractivity contribution in [3.8, 4) is 0 Å². The van der Waals surface area contributed by atoms with Crippen LogP contribution in [0.15, 0.2) is 70.1 Å². The molecule has 2 aromatic carbocycles. The van der Waals surface area contributed by atoms with Gasteiger partial charge in [-0.15, -0.1) is 0 Å². The Bertz CT molecular complexity index is 1750. The van der Waals surface area contributed by atoms with Crippen LogP contribution in [0.3, 0.4) is 0 Å². The van der Waals surface area contributed by atoms with Crippen LogP contribution in [-0.2, 0) is 6.54 Å². The lowest BCUT2D eigenvalue weighted by Crippen LogP contribution is -2.24. The van der Waals surface area contributed by atoms with Crippen LogP contribution in [0, 0.1) is 6.92 Å². The van der Waals surface area contributed by atoms with Crippen LogP contribution in [0.4, 0.5) is 0 Å². The van der Waals surface area contributed by atoms with E-state index >= 15 is 0 Å². The lowest BCUT2D eigenvalue weighted by molar-refractivity contribution is 0.597. The second-order valence-corrected chi connectivity index (χ2v) is 9.60. The Morgan fingerprint density at radius 3 is 2.64 bits per heavy atom. The van der Waals surface area contributed by atoms with E-state index in [1.807, 2.05) is 55.5 Å². The third kappa shape index (κ3) is 4.09. The Labute approximate surface area is 212 Å². The molecule has 1 aliphatic rings. The molecule has 3 aromatic heterocycles. The Hall–Kier alpha value is -3.84. The van der Waals surface area contributed by atoms with Crippen molar-refractivity contribution in [2.75, 3.05) is 0 Å². The zero-order valence-electron chi connectivity index (χ0n) is 20.0. The minimum atomic E-state index is -0.111. The normalized spacial score (nSPS) is 14.3. The monoisotopic (exact) mass is 496 g/mol. The largest absolute Gasteiger partial charge is 0.296 e. The van der Waals surface area contributed by atoms with Crippen molar-refractivity contribution in [1.29, 1.82) is 0 Å². The molecule has 0 spiro atoms. The van der Waals surface area contributed by atoms with Gasteiger partial charge in [0, 0.05) is 11.6 Å². The summed E-state index contributed by atoms with van der Waals surface area (Å²) in [6, 6.07) is 15.1.